The topological polar surface area (TPSA) is 122 Å². The molecule has 4 aromatic rings. The average molecular weight is 726 g/mol. The Morgan fingerprint density at radius 1 is 1.14 bits per heavy atom. The summed E-state index contributed by atoms with van der Waals surface area (Å²) in [7, 11) is 1.53. The highest BCUT2D eigenvalue weighted by molar-refractivity contribution is 14.1. The number of non-ortho nitro benzene ring substituents is 1. The molecule has 1 atom stereocenters. The number of rotatable bonds is 9. The number of thiazole rings is 1. The largest absolute Gasteiger partial charge is 0.493 e. The molecule has 1 aliphatic rings. The van der Waals surface area contributed by atoms with Crippen molar-refractivity contribution in [1.29, 1.82) is 0 Å². The number of benzene rings is 3. The predicted molar refractivity (Wildman–Crippen MR) is 175 cm³/mol. The Hall–Kier alpha value is -4.30. The van der Waals surface area contributed by atoms with Gasteiger partial charge in [0.05, 0.1) is 40.5 Å². The summed E-state index contributed by atoms with van der Waals surface area (Å²) >= 11 is 3.38. The number of methoxy groups -OCH3 is 1. The number of carbonyl (C=O) groups excluding carboxylic acids is 1. The number of carbonyl (C=O) groups is 1. The van der Waals surface area contributed by atoms with Gasteiger partial charge in [0.15, 0.2) is 16.3 Å². The second-order valence-electron chi connectivity index (χ2n) is 9.95. The molecule has 1 aromatic heterocycles. The van der Waals surface area contributed by atoms with E-state index in [1.807, 2.05) is 43.3 Å². The molecule has 0 saturated carbocycles. The SMILES string of the molecule is CCOC(=O)C1=C(C)N=c2s/c(=C\c3cc(I)cc(OC)c3OCc3ccc([N+](=O)[O-])cc3)c(=O)n2[C@@H]1c1ccc(C)cc1. The van der Waals surface area contributed by atoms with Gasteiger partial charge in [-0.3, -0.25) is 19.5 Å². The van der Waals surface area contributed by atoms with E-state index in [2.05, 4.69) is 27.6 Å². The highest BCUT2D eigenvalue weighted by Crippen LogP contribution is 2.35. The fourth-order valence-electron chi connectivity index (χ4n) is 4.87. The fourth-order valence-corrected chi connectivity index (χ4v) is 6.52. The highest BCUT2D eigenvalue weighted by atomic mass is 127. The van der Waals surface area contributed by atoms with E-state index >= 15 is 0 Å². The molecule has 44 heavy (non-hydrogen) atoms. The normalized spacial score (nSPS) is 14.6. The molecule has 3 aromatic carbocycles. The van der Waals surface area contributed by atoms with Crippen LogP contribution in [-0.4, -0.2) is 29.2 Å². The van der Waals surface area contributed by atoms with Gasteiger partial charge in [-0.2, -0.15) is 0 Å². The first-order valence-electron chi connectivity index (χ1n) is 13.6. The third-order valence-electron chi connectivity index (χ3n) is 7.00. The van der Waals surface area contributed by atoms with E-state index in [4.69, 9.17) is 14.2 Å². The fraction of sp³-hybridized carbons (Fsp3) is 0.219. The molecule has 0 aliphatic carbocycles. The van der Waals surface area contributed by atoms with Gasteiger partial charge in [-0.15, -0.1) is 0 Å². The van der Waals surface area contributed by atoms with Gasteiger partial charge in [-0.05, 0) is 84.8 Å². The molecular weight excluding hydrogens is 697 g/mol. The van der Waals surface area contributed by atoms with Crippen molar-refractivity contribution >= 4 is 51.7 Å². The number of hydrogen-bond donors (Lipinski definition) is 0. The van der Waals surface area contributed by atoms with Crippen molar-refractivity contribution in [3.05, 3.63) is 128 Å². The first kappa shape index (κ1) is 31.1. The van der Waals surface area contributed by atoms with Crippen LogP contribution < -0.4 is 24.4 Å². The van der Waals surface area contributed by atoms with Gasteiger partial charge in [-0.1, -0.05) is 41.2 Å². The van der Waals surface area contributed by atoms with E-state index in [0.717, 1.165) is 20.3 Å². The zero-order valence-corrected chi connectivity index (χ0v) is 27.3. The van der Waals surface area contributed by atoms with Crippen LogP contribution >= 0.6 is 33.9 Å². The Bertz CT molecular complexity index is 1960. The maximum absolute atomic E-state index is 14.1. The van der Waals surface area contributed by atoms with Gasteiger partial charge in [0.2, 0.25) is 0 Å². The number of nitrogens with zero attached hydrogens (tertiary/aromatic N) is 3. The van der Waals surface area contributed by atoms with Crippen molar-refractivity contribution in [2.75, 3.05) is 13.7 Å². The van der Waals surface area contributed by atoms with Crippen LogP contribution in [0.25, 0.3) is 6.08 Å². The molecule has 0 amide bonds. The Morgan fingerprint density at radius 3 is 2.48 bits per heavy atom. The van der Waals surface area contributed by atoms with E-state index in [1.165, 1.54) is 30.6 Å². The number of fused-ring (bicyclic) bond motifs is 1. The molecule has 0 spiro atoms. The second-order valence-corrected chi connectivity index (χ2v) is 12.2. The third kappa shape index (κ3) is 6.31. The molecule has 2 heterocycles. The van der Waals surface area contributed by atoms with Crippen LogP contribution in [0, 0.1) is 20.6 Å². The van der Waals surface area contributed by atoms with Gasteiger partial charge in [0.25, 0.3) is 11.2 Å². The Morgan fingerprint density at radius 2 is 1.84 bits per heavy atom. The van der Waals surface area contributed by atoms with Crippen LogP contribution in [0.15, 0.2) is 81.7 Å². The Balaban J connectivity index is 1.62. The standard InChI is InChI=1S/C32H28IN3O7S/c1-5-42-31(38)27-19(3)34-32-35(28(27)21-10-6-18(2)7-11-21)30(37)26(44-32)15-22-14-23(33)16-25(41-4)29(22)43-17-20-8-12-24(13-9-20)36(39)40/h6-16,28H,5,17H2,1-4H3/b26-15-/t28-/m1/s1. The lowest BCUT2D eigenvalue weighted by atomic mass is 9.95. The molecule has 0 unspecified atom stereocenters. The number of ether oxygens (including phenoxy) is 3. The van der Waals surface area contributed by atoms with Crippen LogP contribution in [0.2, 0.25) is 0 Å². The number of nitro groups is 1. The van der Waals surface area contributed by atoms with Crippen LogP contribution in [0.4, 0.5) is 5.69 Å². The first-order valence-corrected chi connectivity index (χ1v) is 15.5. The summed E-state index contributed by atoms with van der Waals surface area (Å²) in [5, 5.41) is 11.0. The molecule has 10 nitrogen and oxygen atoms in total. The van der Waals surface area contributed by atoms with Gasteiger partial charge in [0, 0.05) is 21.3 Å². The summed E-state index contributed by atoms with van der Waals surface area (Å²) in [5.74, 6) is 0.365. The molecular formula is C32H28IN3O7S. The van der Waals surface area contributed by atoms with Crippen molar-refractivity contribution in [3.8, 4) is 11.5 Å². The van der Waals surface area contributed by atoms with Gasteiger partial charge in [0.1, 0.15) is 6.61 Å². The van der Waals surface area contributed by atoms with Crippen LogP contribution in [0.3, 0.4) is 0 Å². The molecule has 0 fully saturated rings. The number of halogens is 1. The van der Waals surface area contributed by atoms with E-state index in [0.29, 0.717) is 37.7 Å². The van der Waals surface area contributed by atoms with Crippen molar-refractivity contribution in [2.45, 2.75) is 33.4 Å². The number of aryl methyl sites for hydroxylation is 1. The minimum absolute atomic E-state index is 0.0121. The molecule has 226 valence electrons. The molecule has 0 N–H and O–H groups in total. The number of aromatic nitrogens is 1. The number of allylic oxidation sites excluding steroid dienone is 1. The molecule has 0 saturated heterocycles. The van der Waals surface area contributed by atoms with E-state index < -0.39 is 16.9 Å². The minimum Gasteiger partial charge on any atom is -0.493 e. The Kier molecular flexibility index (Phi) is 9.30. The third-order valence-corrected chi connectivity index (χ3v) is 8.60. The molecule has 12 heteroatoms. The molecule has 0 radical (unpaired) electrons. The number of nitro benzene ring substituents is 1. The van der Waals surface area contributed by atoms with Crippen molar-refractivity contribution in [3.63, 3.8) is 0 Å². The summed E-state index contributed by atoms with van der Waals surface area (Å²) in [6, 6.07) is 16.8. The molecule has 1 aliphatic heterocycles. The van der Waals surface area contributed by atoms with Crippen molar-refractivity contribution in [1.82, 2.24) is 4.57 Å². The molecule has 5 rings (SSSR count). The van der Waals surface area contributed by atoms with Crippen molar-refractivity contribution < 1.29 is 23.9 Å². The lowest BCUT2D eigenvalue weighted by Gasteiger charge is -2.24. The summed E-state index contributed by atoms with van der Waals surface area (Å²) in [6.45, 7) is 5.77. The minimum atomic E-state index is -0.712. The lowest BCUT2D eigenvalue weighted by molar-refractivity contribution is -0.384. The van der Waals surface area contributed by atoms with Gasteiger partial charge in [-0.25, -0.2) is 9.79 Å². The summed E-state index contributed by atoms with van der Waals surface area (Å²) in [4.78, 5) is 42.9. The van der Waals surface area contributed by atoms with E-state index in [1.54, 1.807) is 36.6 Å². The van der Waals surface area contributed by atoms with Crippen LogP contribution in [0.1, 0.15) is 42.1 Å². The number of hydrogen-bond acceptors (Lipinski definition) is 9. The van der Waals surface area contributed by atoms with Crippen LogP contribution in [-0.2, 0) is 16.1 Å². The van der Waals surface area contributed by atoms with Crippen LogP contribution in [0.5, 0.6) is 11.5 Å². The first-order chi connectivity index (χ1) is 21.1. The zero-order valence-electron chi connectivity index (χ0n) is 24.3. The lowest BCUT2D eigenvalue weighted by Crippen LogP contribution is -2.39. The zero-order chi connectivity index (χ0) is 31.5. The van der Waals surface area contributed by atoms with Crippen molar-refractivity contribution in [2.24, 2.45) is 4.99 Å². The van der Waals surface area contributed by atoms with Gasteiger partial charge >= 0.3 is 5.97 Å². The van der Waals surface area contributed by atoms with E-state index in [-0.39, 0.29) is 24.5 Å². The van der Waals surface area contributed by atoms with E-state index in [9.17, 15) is 19.7 Å². The summed E-state index contributed by atoms with van der Waals surface area (Å²) in [6.07, 6.45) is 1.73. The predicted octanol–water partition coefficient (Wildman–Crippen LogP) is 5.21. The summed E-state index contributed by atoms with van der Waals surface area (Å²) < 4.78 is 20.0. The molecule has 0 bridgehead atoms. The maximum atomic E-state index is 14.1. The average Bonchev–Trinajstić information content (AvgIpc) is 3.30. The maximum Gasteiger partial charge on any atom is 0.338 e. The summed E-state index contributed by atoms with van der Waals surface area (Å²) in [5.41, 5.74) is 3.63. The van der Waals surface area contributed by atoms with Gasteiger partial charge < -0.3 is 14.2 Å². The monoisotopic (exact) mass is 725 g/mol. The smallest absolute Gasteiger partial charge is 0.338 e. The highest BCUT2D eigenvalue weighted by Gasteiger charge is 2.33. The Labute approximate surface area is 270 Å². The quantitative estimate of drug-likeness (QED) is 0.101. The number of esters is 1. The second kappa shape index (κ2) is 13.1.